The molecule has 6 heteroatoms. The van der Waals surface area contributed by atoms with E-state index in [1.54, 1.807) is 25.5 Å². The van der Waals surface area contributed by atoms with Gasteiger partial charge in [0.2, 0.25) is 0 Å². The van der Waals surface area contributed by atoms with E-state index in [4.69, 9.17) is 4.74 Å². The van der Waals surface area contributed by atoms with E-state index in [1.165, 1.54) is 4.88 Å². The van der Waals surface area contributed by atoms with Gasteiger partial charge in [-0.05, 0) is 24.8 Å². The summed E-state index contributed by atoms with van der Waals surface area (Å²) >= 11 is 1.78. The van der Waals surface area contributed by atoms with Crippen LogP contribution in [-0.4, -0.2) is 39.3 Å². The van der Waals surface area contributed by atoms with Gasteiger partial charge in [0, 0.05) is 31.6 Å². The number of halogens is 1. The molecule has 1 atom stereocenters. The Bertz CT molecular complexity index is 330. The van der Waals surface area contributed by atoms with Crippen molar-refractivity contribution in [3.05, 3.63) is 22.4 Å². The van der Waals surface area contributed by atoms with Gasteiger partial charge in [0.1, 0.15) is 0 Å². The summed E-state index contributed by atoms with van der Waals surface area (Å²) in [6.07, 6.45) is 1.02. The number of aliphatic imine (C=N–C) groups is 1. The topological polar surface area (TPSA) is 45.7 Å². The molecule has 0 aliphatic heterocycles. The van der Waals surface area contributed by atoms with Gasteiger partial charge in [-0.1, -0.05) is 6.07 Å². The lowest BCUT2D eigenvalue weighted by Crippen LogP contribution is -2.44. The lowest BCUT2D eigenvalue weighted by atomic mass is 10.3. The Morgan fingerprint density at radius 3 is 2.89 bits per heavy atom. The summed E-state index contributed by atoms with van der Waals surface area (Å²) in [5, 5.41) is 8.65. The first-order chi connectivity index (χ1) is 8.26. The molecule has 0 aliphatic rings. The molecule has 2 N–H and O–H groups in total. The van der Waals surface area contributed by atoms with Gasteiger partial charge in [0.15, 0.2) is 5.96 Å². The fourth-order valence-corrected chi connectivity index (χ4v) is 2.19. The molecule has 0 bridgehead atoms. The Labute approximate surface area is 130 Å². The van der Waals surface area contributed by atoms with Crippen molar-refractivity contribution in [1.82, 2.24) is 10.6 Å². The molecule has 0 fully saturated rings. The average molecular weight is 383 g/mol. The van der Waals surface area contributed by atoms with E-state index < -0.39 is 0 Å². The van der Waals surface area contributed by atoms with Crippen LogP contribution in [0.3, 0.4) is 0 Å². The van der Waals surface area contributed by atoms with Crippen LogP contribution in [-0.2, 0) is 11.2 Å². The predicted molar refractivity (Wildman–Crippen MR) is 89.3 cm³/mol. The number of nitrogens with one attached hydrogen (secondary N) is 2. The molecule has 1 aromatic heterocycles. The second kappa shape index (κ2) is 10.6. The van der Waals surface area contributed by atoms with Crippen molar-refractivity contribution < 1.29 is 4.74 Å². The highest BCUT2D eigenvalue weighted by Gasteiger charge is 2.03. The van der Waals surface area contributed by atoms with Gasteiger partial charge in [0.25, 0.3) is 0 Å². The van der Waals surface area contributed by atoms with Gasteiger partial charge < -0.3 is 15.4 Å². The maximum Gasteiger partial charge on any atom is 0.191 e. The molecular weight excluding hydrogens is 361 g/mol. The molecule has 4 nitrogen and oxygen atoms in total. The van der Waals surface area contributed by atoms with Crippen LogP contribution in [0.15, 0.2) is 22.5 Å². The fraction of sp³-hybridized carbons (Fsp3) is 0.583. The zero-order valence-electron chi connectivity index (χ0n) is 11.1. The van der Waals surface area contributed by atoms with Crippen LogP contribution in [0.2, 0.25) is 0 Å². The maximum absolute atomic E-state index is 5.07. The summed E-state index contributed by atoms with van der Waals surface area (Å²) in [5.41, 5.74) is 0. The molecule has 0 aliphatic carbocycles. The largest absolute Gasteiger partial charge is 0.383 e. The normalized spacial score (nSPS) is 12.7. The van der Waals surface area contributed by atoms with Crippen molar-refractivity contribution in [3.8, 4) is 0 Å². The molecule has 0 aromatic carbocycles. The zero-order chi connectivity index (χ0) is 12.5. The SMILES string of the molecule is CN=C(NCCc1cccs1)NC(C)COC.I. The fourth-order valence-electron chi connectivity index (χ4n) is 1.48. The van der Waals surface area contributed by atoms with Gasteiger partial charge >= 0.3 is 0 Å². The summed E-state index contributed by atoms with van der Waals surface area (Å²) in [5.74, 6) is 0.825. The number of nitrogens with zero attached hydrogens (tertiary/aromatic N) is 1. The minimum atomic E-state index is 0. The van der Waals surface area contributed by atoms with E-state index in [0.717, 1.165) is 18.9 Å². The highest BCUT2D eigenvalue weighted by atomic mass is 127. The molecule has 1 unspecified atom stereocenters. The smallest absolute Gasteiger partial charge is 0.191 e. The second-order valence-corrected chi connectivity index (χ2v) is 4.86. The van der Waals surface area contributed by atoms with E-state index in [1.807, 2.05) is 0 Å². The van der Waals surface area contributed by atoms with E-state index >= 15 is 0 Å². The Hall–Kier alpha value is -0.340. The van der Waals surface area contributed by atoms with Gasteiger partial charge in [-0.25, -0.2) is 0 Å². The summed E-state index contributed by atoms with van der Waals surface area (Å²) in [6, 6.07) is 4.48. The van der Waals surface area contributed by atoms with E-state index in [0.29, 0.717) is 6.61 Å². The Morgan fingerprint density at radius 1 is 1.56 bits per heavy atom. The molecule has 0 radical (unpaired) electrons. The number of guanidine groups is 1. The van der Waals surface area contributed by atoms with Gasteiger partial charge in [0.05, 0.1) is 6.61 Å². The molecule has 0 spiro atoms. The quantitative estimate of drug-likeness (QED) is 0.449. The molecule has 104 valence electrons. The third-order valence-corrected chi connectivity index (χ3v) is 3.20. The molecule has 1 rings (SSSR count). The third-order valence-electron chi connectivity index (χ3n) is 2.27. The molecular formula is C12H22IN3OS. The summed E-state index contributed by atoms with van der Waals surface area (Å²) in [7, 11) is 3.48. The van der Waals surface area contributed by atoms with E-state index in [-0.39, 0.29) is 30.0 Å². The van der Waals surface area contributed by atoms with Gasteiger partial charge in [-0.3, -0.25) is 4.99 Å². The van der Waals surface area contributed by atoms with Crippen molar-refractivity contribution in [3.63, 3.8) is 0 Å². The predicted octanol–water partition coefficient (Wildman–Crippen LogP) is 2.11. The van der Waals surface area contributed by atoms with Crippen molar-refractivity contribution in [1.29, 1.82) is 0 Å². The number of hydrogen-bond acceptors (Lipinski definition) is 3. The monoisotopic (exact) mass is 383 g/mol. The number of ether oxygens (including phenoxy) is 1. The Balaban J connectivity index is 0.00000289. The van der Waals surface area contributed by atoms with Crippen molar-refractivity contribution in [2.45, 2.75) is 19.4 Å². The van der Waals surface area contributed by atoms with Crippen LogP contribution < -0.4 is 10.6 Å². The first-order valence-corrected chi connectivity index (χ1v) is 6.62. The summed E-state index contributed by atoms with van der Waals surface area (Å²) in [6.45, 7) is 3.63. The Morgan fingerprint density at radius 2 is 2.33 bits per heavy atom. The van der Waals surface area contributed by atoms with Crippen LogP contribution >= 0.6 is 35.3 Å². The number of thiophene rings is 1. The van der Waals surface area contributed by atoms with Crippen molar-refractivity contribution in [2.24, 2.45) is 4.99 Å². The summed E-state index contributed by atoms with van der Waals surface area (Å²) < 4.78 is 5.07. The Kier molecular flexibility index (Phi) is 10.4. The molecule has 0 saturated heterocycles. The van der Waals surface area contributed by atoms with Crippen LogP contribution in [0.4, 0.5) is 0 Å². The highest BCUT2D eigenvalue weighted by molar-refractivity contribution is 14.0. The number of rotatable bonds is 6. The van der Waals surface area contributed by atoms with Crippen LogP contribution in [0.25, 0.3) is 0 Å². The van der Waals surface area contributed by atoms with E-state index in [9.17, 15) is 0 Å². The lowest BCUT2D eigenvalue weighted by molar-refractivity contribution is 0.179. The molecule has 0 amide bonds. The van der Waals surface area contributed by atoms with E-state index in [2.05, 4.69) is 40.1 Å². The van der Waals surface area contributed by atoms with Crippen LogP contribution in [0.1, 0.15) is 11.8 Å². The number of methoxy groups -OCH3 is 1. The molecule has 1 aromatic rings. The maximum atomic E-state index is 5.07. The van der Waals surface area contributed by atoms with Crippen LogP contribution in [0.5, 0.6) is 0 Å². The summed E-state index contributed by atoms with van der Waals surface area (Å²) in [4.78, 5) is 5.56. The molecule has 18 heavy (non-hydrogen) atoms. The average Bonchev–Trinajstić information content (AvgIpc) is 2.81. The van der Waals surface area contributed by atoms with Gasteiger partial charge in [-0.2, -0.15) is 0 Å². The zero-order valence-corrected chi connectivity index (χ0v) is 14.2. The number of hydrogen-bond donors (Lipinski definition) is 2. The first-order valence-electron chi connectivity index (χ1n) is 5.74. The minimum absolute atomic E-state index is 0. The first kappa shape index (κ1) is 17.7. The molecule has 1 heterocycles. The van der Waals surface area contributed by atoms with Crippen molar-refractivity contribution >= 4 is 41.3 Å². The minimum Gasteiger partial charge on any atom is -0.383 e. The third kappa shape index (κ3) is 7.17. The van der Waals surface area contributed by atoms with Crippen LogP contribution in [0, 0.1) is 0 Å². The lowest BCUT2D eigenvalue weighted by Gasteiger charge is -2.16. The van der Waals surface area contributed by atoms with Crippen molar-refractivity contribution in [2.75, 3.05) is 27.3 Å². The highest BCUT2D eigenvalue weighted by Crippen LogP contribution is 2.07. The van der Waals surface area contributed by atoms with Gasteiger partial charge in [-0.15, -0.1) is 35.3 Å². The molecule has 0 saturated carbocycles. The second-order valence-electron chi connectivity index (χ2n) is 3.83. The standard InChI is InChI=1S/C12H21N3OS.HI/c1-10(9-16-3)15-12(13-2)14-7-6-11-5-4-8-17-11;/h4-5,8,10H,6-7,9H2,1-3H3,(H2,13,14,15);1H.